The maximum absolute atomic E-state index is 12.6. The first kappa shape index (κ1) is 15.9. The van der Waals surface area contributed by atoms with Crippen molar-refractivity contribution >= 4 is 15.8 Å². The summed E-state index contributed by atoms with van der Waals surface area (Å²) in [6.07, 6.45) is 1.30. The second kappa shape index (κ2) is 5.69. The zero-order valence-corrected chi connectivity index (χ0v) is 13.5. The highest BCUT2D eigenvalue weighted by Crippen LogP contribution is 2.29. The molecular formula is C14H16N4O3S. The van der Waals surface area contributed by atoms with Gasteiger partial charge in [-0.2, -0.15) is 10.4 Å². The summed E-state index contributed by atoms with van der Waals surface area (Å²) in [5.74, 6) is 0.360. The van der Waals surface area contributed by atoms with Crippen molar-refractivity contribution in [2.24, 2.45) is 7.05 Å². The number of nitrogens with one attached hydrogen (secondary N) is 1. The number of aromatic nitrogens is 2. The van der Waals surface area contributed by atoms with Crippen LogP contribution in [0.2, 0.25) is 0 Å². The fraction of sp³-hybridized carbons (Fsp3) is 0.286. The number of sulfonamides is 1. The molecule has 22 heavy (non-hydrogen) atoms. The van der Waals surface area contributed by atoms with Crippen LogP contribution < -0.4 is 9.46 Å². The Morgan fingerprint density at radius 3 is 2.55 bits per heavy atom. The SMILES string of the molecule is COc1cc(C)c(C)cc1S(=O)(=O)Nc1c(C#N)cnn1C. The van der Waals surface area contributed by atoms with E-state index < -0.39 is 10.0 Å². The van der Waals surface area contributed by atoms with E-state index in [2.05, 4.69) is 9.82 Å². The largest absolute Gasteiger partial charge is 0.495 e. The molecule has 0 spiro atoms. The van der Waals surface area contributed by atoms with Gasteiger partial charge in [-0.05, 0) is 37.1 Å². The molecule has 0 aliphatic carbocycles. The number of nitriles is 1. The van der Waals surface area contributed by atoms with E-state index in [-0.39, 0.29) is 22.0 Å². The zero-order chi connectivity index (χ0) is 16.5. The van der Waals surface area contributed by atoms with E-state index in [0.717, 1.165) is 11.1 Å². The Labute approximate surface area is 129 Å². The van der Waals surface area contributed by atoms with E-state index in [0.29, 0.717) is 0 Å². The Morgan fingerprint density at radius 2 is 1.95 bits per heavy atom. The van der Waals surface area contributed by atoms with Crippen molar-refractivity contribution in [1.29, 1.82) is 5.26 Å². The lowest BCUT2D eigenvalue weighted by atomic mass is 10.1. The molecule has 0 unspecified atom stereocenters. The molecule has 0 amide bonds. The van der Waals surface area contributed by atoms with Gasteiger partial charge in [-0.25, -0.2) is 8.42 Å². The molecule has 1 N–H and O–H groups in total. The molecule has 0 aliphatic heterocycles. The highest BCUT2D eigenvalue weighted by atomic mass is 32.2. The quantitative estimate of drug-likeness (QED) is 0.925. The van der Waals surface area contributed by atoms with E-state index in [1.165, 1.54) is 18.0 Å². The third-order valence-electron chi connectivity index (χ3n) is 3.36. The van der Waals surface area contributed by atoms with Crippen molar-refractivity contribution in [3.05, 3.63) is 35.0 Å². The average molecular weight is 320 g/mol. The van der Waals surface area contributed by atoms with Gasteiger partial charge >= 0.3 is 0 Å². The van der Waals surface area contributed by atoms with E-state index in [4.69, 9.17) is 10.00 Å². The van der Waals surface area contributed by atoms with Gasteiger partial charge in [-0.3, -0.25) is 9.40 Å². The van der Waals surface area contributed by atoms with Gasteiger partial charge in [0.25, 0.3) is 10.0 Å². The lowest BCUT2D eigenvalue weighted by molar-refractivity contribution is 0.402. The van der Waals surface area contributed by atoms with E-state index >= 15 is 0 Å². The normalized spacial score (nSPS) is 11.0. The van der Waals surface area contributed by atoms with Crippen LogP contribution in [0, 0.1) is 25.2 Å². The molecule has 1 aromatic carbocycles. The molecule has 0 saturated heterocycles. The second-order valence-electron chi connectivity index (χ2n) is 4.84. The van der Waals surface area contributed by atoms with Crippen molar-refractivity contribution in [1.82, 2.24) is 9.78 Å². The minimum atomic E-state index is -3.91. The molecule has 0 fully saturated rings. The highest BCUT2D eigenvalue weighted by Gasteiger charge is 2.23. The summed E-state index contributed by atoms with van der Waals surface area (Å²) in [4.78, 5) is 0.0168. The summed E-state index contributed by atoms with van der Waals surface area (Å²) in [6, 6.07) is 5.10. The van der Waals surface area contributed by atoms with E-state index in [1.54, 1.807) is 19.2 Å². The Kier molecular flexibility index (Phi) is 4.10. The summed E-state index contributed by atoms with van der Waals surface area (Å²) in [5, 5.41) is 12.9. The van der Waals surface area contributed by atoms with Gasteiger partial charge in [0.05, 0.1) is 13.3 Å². The van der Waals surface area contributed by atoms with Gasteiger partial charge in [0, 0.05) is 7.05 Å². The number of hydrogen-bond acceptors (Lipinski definition) is 5. The van der Waals surface area contributed by atoms with Crippen molar-refractivity contribution in [2.45, 2.75) is 18.7 Å². The number of anilines is 1. The van der Waals surface area contributed by atoms with Crippen LogP contribution in [0.15, 0.2) is 23.2 Å². The summed E-state index contributed by atoms with van der Waals surface area (Å²) < 4.78 is 34.1. The Hall–Kier alpha value is -2.53. The molecule has 1 aromatic heterocycles. The number of rotatable bonds is 4. The third kappa shape index (κ3) is 2.76. The fourth-order valence-electron chi connectivity index (χ4n) is 1.96. The minimum absolute atomic E-state index is 0.0168. The molecular weight excluding hydrogens is 304 g/mol. The molecule has 7 nitrogen and oxygen atoms in total. The maximum Gasteiger partial charge on any atom is 0.266 e. The first-order valence-corrected chi connectivity index (χ1v) is 7.88. The number of ether oxygens (including phenoxy) is 1. The lowest BCUT2D eigenvalue weighted by Crippen LogP contribution is -2.17. The van der Waals surface area contributed by atoms with Crippen LogP contribution in [-0.4, -0.2) is 25.3 Å². The molecule has 2 rings (SSSR count). The number of methoxy groups -OCH3 is 1. The predicted octanol–water partition coefficient (Wildman–Crippen LogP) is 1.72. The smallest absolute Gasteiger partial charge is 0.266 e. The van der Waals surface area contributed by atoms with Crippen LogP contribution in [0.4, 0.5) is 5.82 Å². The van der Waals surface area contributed by atoms with Gasteiger partial charge < -0.3 is 4.74 Å². The molecule has 8 heteroatoms. The average Bonchev–Trinajstić information content (AvgIpc) is 2.81. The molecule has 0 radical (unpaired) electrons. The lowest BCUT2D eigenvalue weighted by Gasteiger charge is -2.14. The maximum atomic E-state index is 12.6. The number of aryl methyl sites for hydroxylation is 3. The summed E-state index contributed by atoms with van der Waals surface area (Å²) in [6.45, 7) is 3.69. The number of hydrogen-bond donors (Lipinski definition) is 1. The molecule has 1 heterocycles. The fourth-order valence-corrected chi connectivity index (χ4v) is 3.30. The minimum Gasteiger partial charge on any atom is -0.495 e. The summed E-state index contributed by atoms with van der Waals surface area (Å²) in [7, 11) is -0.945. The van der Waals surface area contributed by atoms with Crippen LogP contribution in [0.25, 0.3) is 0 Å². The topological polar surface area (TPSA) is 97.0 Å². The summed E-state index contributed by atoms with van der Waals surface area (Å²) in [5.41, 5.74) is 1.90. The van der Waals surface area contributed by atoms with Crippen molar-refractivity contribution in [3.63, 3.8) is 0 Å². The third-order valence-corrected chi connectivity index (χ3v) is 4.72. The van der Waals surface area contributed by atoms with Gasteiger partial charge in [-0.15, -0.1) is 0 Å². The number of benzene rings is 1. The van der Waals surface area contributed by atoms with E-state index in [1.807, 2.05) is 19.9 Å². The van der Waals surface area contributed by atoms with Gasteiger partial charge in [0.1, 0.15) is 22.3 Å². The Morgan fingerprint density at radius 1 is 1.32 bits per heavy atom. The Bertz CT molecular complexity index is 863. The zero-order valence-electron chi connectivity index (χ0n) is 12.7. The molecule has 0 atom stereocenters. The second-order valence-corrected chi connectivity index (χ2v) is 6.49. The first-order chi connectivity index (χ1) is 10.3. The monoisotopic (exact) mass is 320 g/mol. The van der Waals surface area contributed by atoms with E-state index in [9.17, 15) is 8.42 Å². The highest BCUT2D eigenvalue weighted by molar-refractivity contribution is 7.92. The van der Waals surface area contributed by atoms with Crippen LogP contribution in [-0.2, 0) is 17.1 Å². The molecule has 0 bridgehead atoms. The molecule has 2 aromatic rings. The van der Waals surface area contributed by atoms with Crippen LogP contribution >= 0.6 is 0 Å². The van der Waals surface area contributed by atoms with Crippen molar-refractivity contribution in [3.8, 4) is 11.8 Å². The van der Waals surface area contributed by atoms with Crippen molar-refractivity contribution < 1.29 is 13.2 Å². The first-order valence-electron chi connectivity index (χ1n) is 6.40. The van der Waals surface area contributed by atoms with Gasteiger partial charge in [-0.1, -0.05) is 0 Å². The van der Waals surface area contributed by atoms with Crippen LogP contribution in [0.3, 0.4) is 0 Å². The molecule has 0 saturated carbocycles. The van der Waals surface area contributed by atoms with Crippen LogP contribution in [0.5, 0.6) is 5.75 Å². The number of nitrogens with zero attached hydrogens (tertiary/aromatic N) is 3. The summed E-state index contributed by atoms with van der Waals surface area (Å²) >= 11 is 0. The van der Waals surface area contributed by atoms with Gasteiger partial charge in [0.2, 0.25) is 0 Å². The standard InChI is InChI=1S/C14H16N4O3S/c1-9-5-12(21-4)13(6-10(9)2)22(19,20)17-14-11(7-15)8-16-18(14)3/h5-6,8,17H,1-4H3. The Balaban J connectivity index is 2.54. The van der Waals surface area contributed by atoms with Crippen LogP contribution in [0.1, 0.15) is 16.7 Å². The van der Waals surface area contributed by atoms with Gasteiger partial charge in [0.15, 0.2) is 5.82 Å². The predicted molar refractivity (Wildman–Crippen MR) is 81.2 cm³/mol. The molecule has 0 aliphatic rings. The molecule has 116 valence electrons. The van der Waals surface area contributed by atoms with Crippen molar-refractivity contribution in [2.75, 3.05) is 11.8 Å².